The summed E-state index contributed by atoms with van der Waals surface area (Å²) in [5, 5.41) is 13.4. The third kappa shape index (κ3) is 3.54. The molecule has 0 amide bonds. The number of aliphatic imine (C=N–C) groups is 1. The van der Waals surface area contributed by atoms with Crippen molar-refractivity contribution in [2.45, 2.75) is 52.4 Å². The summed E-state index contributed by atoms with van der Waals surface area (Å²) in [6, 6.07) is 4.06. The van der Waals surface area contributed by atoms with Gasteiger partial charge in [0.25, 0.3) is 0 Å². The summed E-state index contributed by atoms with van der Waals surface area (Å²) in [5.41, 5.74) is 2.98. The molecule has 4 rings (SSSR count). The highest BCUT2D eigenvalue weighted by Gasteiger charge is 2.53. The number of likely N-dealkylation sites (tertiary alicyclic amines) is 1. The number of phenolic OH excluding ortho intramolecular Hbond substituents is 1. The van der Waals surface area contributed by atoms with Gasteiger partial charge in [-0.25, -0.2) is 4.99 Å². The maximum absolute atomic E-state index is 9.94. The average molecular weight is 471 g/mol. The van der Waals surface area contributed by atoms with Gasteiger partial charge in [-0.2, -0.15) is 0 Å². The van der Waals surface area contributed by atoms with Crippen molar-refractivity contribution in [3.05, 3.63) is 28.8 Å². The van der Waals surface area contributed by atoms with Gasteiger partial charge < -0.3 is 20.1 Å². The predicted octanol–water partition coefficient (Wildman–Crippen LogP) is 3.20. The second kappa shape index (κ2) is 7.92. The van der Waals surface area contributed by atoms with E-state index < -0.39 is 0 Å². The maximum atomic E-state index is 9.94. The van der Waals surface area contributed by atoms with E-state index in [9.17, 15) is 5.11 Å². The second-order valence-electron chi connectivity index (χ2n) is 7.77. The molecule has 3 fully saturated rings. The monoisotopic (exact) mass is 471 g/mol. The first kappa shape index (κ1) is 19.7. The second-order valence-corrected chi connectivity index (χ2v) is 7.77. The highest BCUT2D eigenvalue weighted by atomic mass is 127. The minimum Gasteiger partial charge on any atom is -0.507 e. The lowest BCUT2D eigenvalue weighted by Crippen LogP contribution is -2.41. The van der Waals surface area contributed by atoms with Crippen molar-refractivity contribution < 1.29 is 9.84 Å². The molecule has 4 unspecified atom stereocenters. The smallest absolute Gasteiger partial charge is 0.194 e. The van der Waals surface area contributed by atoms with Crippen LogP contribution >= 0.6 is 24.0 Å². The van der Waals surface area contributed by atoms with Crippen molar-refractivity contribution in [3.8, 4) is 5.75 Å². The molecular formula is C20H30IN3O2. The van der Waals surface area contributed by atoms with E-state index in [4.69, 9.17) is 9.73 Å². The SMILES string of the molecule is CCNC(=NCc1cc(C)c(O)c(C)c1)N1CC2C3CCC(O3)C2C1.I. The fraction of sp³-hybridized carbons (Fsp3) is 0.650. The van der Waals surface area contributed by atoms with Gasteiger partial charge in [-0.15, -0.1) is 24.0 Å². The van der Waals surface area contributed by atoms with Crippen LogP contribution in [0.2, 0.25) is 0 Å². The van der Waals surface area contributed by atoms with Crippen LogP contribution in [0.4, 0.5) is 0 Å². The summed E-state index contributed by atoms with van der Waals surface area (Å²) in [6.07, 6.45) is 3.43. The molecule has 0 radical (unpaired) electrons. The zero-order valence-electron chi connectivity index (χ0n) is 15.9. The molecule has 3 aliphatic heterocycles. The van der Waals surface area contributed by atoms with E-state index in [1.807, 2.05) is 26.0 Å². The zero-order chi connectivity index (χ0) is 17.6. The van der Waals surface area contributed by atoms with Crippen molar-refractivity contribution in [1.82, 2.24) is 10.2 Å². The number of halogens is 1. The van der Waals surface area contributed by atoms with Crippen molar-refractivity contribution in [3.63, 3.8) is 0 Å². The Morgan fingerprint density at radius 2 is 1.77 bits per heavy atom. The maximum Gasteiger partial charge on any atom is 0.194 e. The molecule has 2 N–H and O–H groups in total. The van der Waals surface area contributed by atoms with Crippen LogP contribution in [0.3, 0.4) is 0 Å². The van der Waals surface area contributed by atoms with Crippen LogP contribution < -0.4 is 5.32 Å². The van der Waals surface area contributed by atoms with Crippen LogP contribution in [0.5, 0.6) is 5.75 Å². The molecule has 144 valence electrons. The highest BCUT2D eigenvalue weighted by Crippen LogP contribution is 2.47. The lowest BCUT2D eigenvalue weighted by atomic mass is 9.82. The normalized spacial score (nSPS) is 29.7. The van der Waals surface area contributed by atoms with E-state index in [2.05, 4.69) is 17.1 Å². The molecule has 1 aromatic carbocycles. The minimum atomic E-state index is 0. The largest absolute Gasteiger partial charge is 0.507 e. The van der Waals surface area contributed by atoms with Gasteiger partial charge in [0, 0.05) is 31.5 Å². The predicted molar refractivity (Wildman–Crippen MR) is 114 cm³/mol. The number of guanidine groups is 1. The summed E-state index contributed by atoms with van der Waals surface area (Å²) in [5.74, 6) is 2.77. The van der Waals surface area contributed by atoms with Crippen molar-refractivity contribution in [1.29, 1.82) is 0 Å². The van der Waals surface area contributed by atoms with Gasteiger partial charge in [0.05, 0.1) is 18.8 Å². The standard InChI is InChI=1S/C20H29N3O2.HI/c1-4-21-20(22-9-14-7-12(2)19(24)13(3)8-14)23-10-15-16(11-23)18-6-5-17(15)25-18;/h7-8,15-18,24H,4-6,9-11H2,1-3H3,(H,21,22);1H. The van der Waals surface area contributed by atoms with Gasteiger partial charge in [-0.05, 0) is 50.3 Å². The Bertz CT molecular complexity index is 653. The number of aryl methyl sites for hydroxylation is 2. The molecule has 3 aliphatic rings. The molecule has 0 aromatic heterocycles. The van der Waals surface area contributed by atoms with E-state index in [0.29, 0.717) is 36.3 Å². The Balaban J connectivity index is 0.00000196. The molecule has 2 bridgehead atoms. The van der Waals surface area contributed by atoms with E-state index in [0.717, 1.165) is 42.3 Å². The van der Waals surface area contributed by atoms with Gasteiger partial charge in [-0.1, -0.05) is 12.1 Å². The van der Waals surface area contributed by atoms with Crippen LogP contribution in [0, 0.1) is 25.7 Å². The lowest BCUT2D eigenvalue weighted by molar-refractivity contribution is 0.0767. The Morgan fingerprint density at radius 3 is 2.31 bits per heavy atom. The van der Waals surface area contributed by atoms with E-state index >= 15 is 0 Å². The van der Waals surface area contributed by atoms with E-state index in [1.54, 1.807) is 0 Å². The van der Waals surface area contributed by atoms with E-state index in [1.165, 1.54) is 12.8 Å². The zero-order valence-corrected chi connectivity index (χ0v) is 18.2. The number of phenols is 1. The number of fused-ring (bicyclic) bond motifs is 5. The average Bonchev–Trinajstić information content (AvgIpc) is 3.28. The van der Waals surface area contributed by atoms with Gasteiger partial charge in [0.2, 0.25) is 0 Å². The van der Waals surface area contributed by atoms with Crippen molar-refractivity contribution >= 4 is 29.9 Å². The first-order valence-electron chi connectivity index (χ1n) is 9.54. The summed E-state index contributed by atoms with van der Waals surface area (Å²) in [6.45, 7) is 9.64. The van der Waals surface area contributed by atoms with Crippen LogP contribution in [0.15, 0.2) is 17.1 Å². The molecule has 0 saturated carbocycles. The molecule has 3 saturated heterocycles. The topological polar surface area (TPSA) is 57.1 Å². The third-order valence-corrected chi connectivity index (χ3v) is 6.05. The first-order valence-corrected chi connectivity index (χ1v) is 9.54. The van der Waals surface area contributed by atoms with Gasteiger partial charge >= 0.3 is 0 Å². The fourth-order valence-electron chi connectivity index (χ4n) is 4.86. The number of nitrogens with zero attached hydrogens (tertiary/aromatic N) is 2. The number of hydrogen-bond acceptors (Lipinski definition) is 3. The molecular weight excluding hydrogens is 441 g/mol. The van der Waals surface area contributed by atoms with Crippen molar-refractivity contribution in [2.75, 3.05) is 19.6 Å². The van der Waals surface area contributed by atoms with Crippen LogP contribution in [-0.4, -0.2) is 47.8 Å². The van der Waals surface area contributed by atoms with Gasteiger partial charge in [-0.3, -0.25) is 0 Å². The van der Waals surface area contributed by atoms with Gasteiger partial charge in [0.1, 0.15) is 5.75 Å². The Hall–Kier alpha value is -1.02. The van der Waals surface area contributed by atoms with Gasteiger partial charge in [0.15, 0.2) is 5.96 Å². The highest BCUT2D eigenvalue weighted by molar-refractivity contribution is 14.0. The van der Waals surface area contributed by atoms with Crippen molar-refractivity contribution in [2.24, 2.45) is 16.8 Å². The third-order valence-electron chi connectivity index (χ3n) is 6.05. The number of rotatable bonds is 3. The Morgan fingerprint density at radius 1 is 1.19 bits per heavy atom. The number of ether oxygens (including phenoxy) is 1. The minimum absolute atomic E-state index is 0. The lowest BCUT2D eigenvalue weighted by Gasteiger charge is -2.23. The molecule has 3 heterocycles. The summed E-state index contributed by atoms with van der Waals surface area (Å²) in [7, 11) is 0. The molecule has 6 heteroatoms. The summed E-state index contributed by atoms with van der Waals surface area (Å²) >= 11 is 0. The molecule has 5 nitrogen and oxygen atoms in total. The van der Waals surface area contributed by atoms with Crippen LogP contribution in [0.25, 0.3) is 0 Å². The number of nitrogens with one attached hydrogen (secondary N) is 1. The van der Waals surface area contributed by atoms with Crippen LogP contribution in [-0.2, 0) is 11.3 Å². The number of aromatic hydroxyl groups is 1. The molecule has 1 aromatic rings. The quantitative estimate of drug-likeness (QED) is 0.404. The molecule has 0 aliphatic carbocycles. The molecule has 0 spiro atoms. The Kier molecular flexibility index (Phi) is 6.01. The summed E-state index contributed by atoms with van der Waals surface area (Å²) < 4.78 is 6.08. The van der Waals surface area contributed by atoms with Crippen LogP contribution in [0.1, 0.15) is 36.5 Å². The number of hydrogen-bond donors (Lipinski definition) is 2. The van der Waals surface area contributed by atoms with E-state index in [-0.39, 0.29) is 24.0 Å². The fourth-order valence-corrected chi connectivity index (χ4v) is 4.86. The first-order chi connectivity index (χ1) is 12.1. The number of benzene rings is 1. The Labute approximate surface area is 173 Å². The summed E-state index contributed by atoms with van der Waals surface area (Å²) in [4.78, 5) is 7.31. The molecule has 26 heavy (non-hydrogen) atoms. The molecule has 4 atom stereocenters.